The predicted octanol–water partition coefficient (Wildman–Crippen LogP) is 7.86. The van der Waals surface area contributed by atoms with Crippen molar-refractivity contribution in [2.45, 2.75) is 58.8 Å². The van der Waals surface area contributed by atoms with Crippen LogP contribution in [0.15, 0.2) is 65.1 Å². The second-order valence-corrected chi connectivity index (χ2v) is 11.2. The minimum Gasteiger partial charge on any atom is -0.497 e. The molecule has 0 atom stereocenters. The fraction of sp³-hybridized carbons (Fsp3) is 0.345. The van der Waals surface area contributed by atoms with E-state index in [1.807, 2.05) is 48.5 Å². The van der Waals surface area contributed by atoms with Crippen molar-refractivity contribution in [2.75, 3.05) is 7.11 Å². The normalized spacial score (nSPS) is 11.9. The summed E-state index contributed by atoms with van der Waals surface area (Å²) in [5, 5.41) is 0. The lowest BCUT2D eigenvalue weighted by Gasteiger charge is -2.30. The summed E-state index contributed by atoms with van der Waals surface area (Å²) in [5.74, 6) is 1.02. The molecule has 3 rings (SSSR count). The number of carbonyl (C=O) groups excluding carboxylic acids is 1. The van der Waals surface area contributed by atoms with Crippen molar-refractivity contribution in [1.29, 1.82) is 0 Å². The van der Waals surface area contributed by atoms with Gasteiger partial charge in [-0.2, -0.15) is 0 Å². The van der Waals surface area contributed by atoms with E-state index < -0.39 is 0 Å². The fourth-order valence-electron chi connectivity index (χ4n) is 3.82. The Morgan fingerprint density at radius 3 is 1.94 bits per heavy atom. The highest BCUT2D eigenvalue weighted by atomic mass is 79.9. The molecule has 0 spiro atoms. The molecule has 0 saturated carbocycles. The third-order valence-corrected chi connectivity index (χ3v) is 6.41. The maximum atomic E-state index is 13.6. The first-order valence-electron chi connectivity index (χ1n) is 11.2. The van der Waals surface area contributed by atoms with Gasteiger partial charge in [-0.05, 0) is 52.6 Å². The van der Waals surface area contributed by atoms with Crippen LogP contribution in [0.1, 0.15) is 74.2 Å². The Labute approximate surface area is 206 Å². The zero-order chi connectivity index (χ0) is 24.4. The molecular weight excluding hydrogens is 476 g/mol. The molecule has 3 aromatic carbocycles. The van der Waals surface area contributed by atoms with Crippen molar-refractivity contribution >= 4 is 21.9 Å². The molecule has 0 aromatic heterocycles. The highest BCUT2D eigenvalue weighted by Gasteiger charge is 2.30. The monoisotopic (exact) mass is 508 g/mol. The smallest absolute Gasteiger partial charge is 0.343 e. The molecule has 3 nitrogen and oxygen atoms in total. The van der Waals surface area contributed by atoms with Crippen LogP contribution in [0.5, 0.6) is 11.5 Å². The average Bonchev–Trinajstić information content (AvgIpc) is 2.74. The van der Waals surface area contributed by atoms with Crippen LogP contribution in [0.2, 0.25) is 0 Å². The largest absolute Gasteiger partial charge is 0.497 e. The van der Waals surface area contributed by atoms with Crippen LogP contribution in [0.4, 0.5) is 0 Å². The zero-order valence-electron chi connectivity index (χ0n) is 20.6. The second kappa shape index (κ2) is 9.72. The van der Waals surface area contributed by atoms with Crippen molar-refractivity contribution in [3.8, 4) is 11.5 Å². The molecule has 0 bridgehead atoms. The Kier molecular flexibility index (Phi) is 7.38. The number of esters is 1. The van der Waals surface area contributed by atoms with E-state index in [9.17, 15) is 4.79 Å². The first-order chi connectivity index (χ1) is 15.4. The number of rotatable bonds is 5. The summed E-state index contributed by atoms with van der Waals surface area (Å²) in [4.78, 5) is 13.6. The van der Waals surface area contributed by atoms with Gasteiger partial charge in [0.2, 0.25) is 0 Å². The van der Waals surface area contributed by atoms with Crippen LogP contribution in [-0.2, 0) is 17.3 Å². The Morgan fingerprint density at radius 2 is 1.42 bits per heavy atom. The van der Waals surface area contributed by atoms with Gasteiger partial charge in [0.1, 0.15) is 11.5 Å². The topological polar surface area (TPSA) is 35.5 Å². The molecule has 0 amide bonds. The zero-order valence-corrected chi connectivity index (χ0v) is 22.2. The molecule has 0 N–H and O–H groups in total. The second-order valence-electron chi connectivity index (χ2n) is 10.4. The predicted molar refractivity (Wildman–Crippen MR) is 139 cm³/mol. The lowest BCUT2D eigenvalue weighted by molar-refractivity contribution is 0.0727. The summed E-state index contributed by atoms with van der Waals surface area (Å²) in [6.07, 6.45) is 0.633. The minimum absolute atomic E-state index is 0.242. The number of carbonyl (C=O) groups is 1. The number of methoxy groups -OCH3 is 1. The van der Waals surface area contributed by atoms with Gasteiger partial charge in [-0.1, -0.05) is 93.9 Å². The van der Waals surface area contributed by atoms with Crippen LogP contribution >= 0.6 is 15.9 Å². The summed E-state index contributed by atoms with van der Waals surface area (Å²) in [6, 6.07) is 19.8. The molecule has 0 saturated heterocycles. The van der Waals surface area contributed by atoms with Crippen molar-refractivity contribution in [2.24, 2.45) is 0 Å². The van der Waals surface area contributed by atoms with Crippen molar-refractivity contribution in [3.05, 3.63) is 93.0 Å². The minimum atomic E-state index is -0.358. The van der Waals surface area contributed by atoms with Gasteiger partial charge in [0.05, 0.1) is 12.7 Å². The van der Waals surface area contributed by atoms with Crippen molar-refractivity contribution in [3.63, 3.8) is 0 Å². The first-order valence-corrected chi connectivity index (χ1v) is 12.0. The van der Waals surface area contributed by atoms with E-state index in [0.29, 0.717) is 17.7 Å². The maximum absolute atomic E-state index is 13.6. The Balaban J connectivity index is 2.11. The number of benzene rings is 3. The van der Waals surface area contributed by atoms with Crippen molar-refractivity contribution < 1.29 is 14.3 Å². The molecule has 0 unspecified atom stereocenters. The van der Waals surface area contributed by atoms with Crippen LogP contribution in [0.3, 0.4) is 0 Å². The highest BCUT2D eigenvalue weighted by Crippen LogP contribution is 2.43. The van der Waals surface area contributed by atoms with Gasteiger partial charge in [0, 0.05) is 15.6 Å². The van der Waals surface area contributed by atoms with Gasteiger partial charge in [0.15, 0.2) is 0 Å². The lowest BCUT2D eigenvalue weighted by atomic mass is 9.79. The SMILES string of the molecule is COc1cc(C(C)(C)C)c(OC(=O)c2cccc(Br)c2Cc2ccccc2)c(C(C)(C)C)c1. The third-order valence-electron chi connectivity index (χ3n) is 5.67. The van der Waals surface area contributed by atoms with E-state index >= 15 is 0 Å². The van der Waals surface area contributed by atoms with E-state index in [1.165, 1.54) is 0 Å². The van der Waals surface area contributed by atoms with Gasteiger partial charge in [-0.15, -0.1) is 0 Å². The first kappa shape index (κ1) is 25.0. The molecule has 0 fully saturated rings. The third kappa shape index (κ3) is 5.86. The van der Waals surface area contributed by atoms with Crippen molar-refractivity contribution in [1.82, 2.24) is 0 Å². The molecule has 0 heterocycles. The Hall–Kier alpha value is -2.59. The molecule has 33 heavy (non-hydrogen) atoms. The fourth-order valence-corrected chi connectivity index (χ4v) is 4.33. The summed E-state index contributed by atoms with van der Waals surface area (Å²) in [6.45, 7) is 12.7. The number of halogens is 1. The quantitative estimate of drug-likeness (QED) is 0.259. The Bertz CT molecular complexity index is 1100. The number of ether oxygens (including phenoxy) is 2. The maximum Gasteiger partial charge on any atom is 0.343 e. The highest BCUT2D eigenvalue weighted by molar-refractivity contribution is 9.10. The van der Waals surface area contributed by atoms with Gasteiger partial charge < -0.3 is 9.47 Å². The van der Waals surface area contributed by atoms with Crippen LogP contribution in [0, 0.1) is 0 Å². The van der Waals surface area contributed by atoms with E-state index in [2.05, 4.69) is 69.6 Å². The summed E-state index contributed by atoms with van der Waals surface area (Å²) in [7, 11) is 1.66. The van der Waals surface area contributed by atoms with E-state index in [0.717, 1.165) is 32.5 Å². The van der Waals surface area contributed by atoms with E-state index in [-0.39, 0.29) is 16.8 Å². The summed E-state index contributed by atoms with van der Waals surface area (Å²) in [5.41, 5.74) is 4.01. The summed E-state index contributed by atoms with van der Waals surface area (Å²) >= 11 is 3.65. The molecule has 0 aliphatic heterocycles. The van der Waals surface area contributed by atoms with Gasteiger partial charge in [0.25, 0.3) is 0 Å². The molecule has 4 heteroatoms. The number of hydrogen-bond donors (Lipinski definition) is 0. The van der Waals surface area contributed by atoms with E-state index in [1.54, 1.807) is 7.11 Å². The summed E-state index contributed by atoms with van der Waals surface area (Å²) < 4.78 is 12.7. The van der Waals surface area contributed by atoms with Crippen LogP contribution < -0.4 is 9.47 Å². The lowest BCUT2D eigenvalue weighted by Crippen LogP contribution is -2.22. The average molecular weight is 509 g/mol. The van der Waals surface area contributed by atoms with Crippen LogP contribution in [0.25, 0.3) is 0 Å². The number of hydrogen-bond acceptors (Lipinski definition) is 3. The molecular formula is C29H33BrO3. The van der Waals surface area contributed by atoms with Gasteiger partial charge in [-0.3, -0.25) is 0 Å². The standard InChI is InChI=1S/C29H33BrO3/c1-28(2,3)23-17-20(32-7)18-24(29(4,5)6)26(23)33-27(31)21-14-11-15-25(30)22(21)16-19-12-9-8-10-13-19/h8-15,17-18H,16H2,1-7H3. The van der Waals surface area contributed by atoms with Gasteiger partial charge in [-0.25, -0.2) is 4.79 Å². The molecule has 3 aromatic rings. The molecule has 0 radical (unpaired) electrons. The molecule has 174 valence electrons. The Morgan fingerprint density at radius 1 is 0.848 bits per heavy atom. The van der Waals surface area contributed by atoms with E-state index in [4.69, 9.17) is 9.47 Å². The van der Waals surface area contributed by atoms with Gasteiger partial charge >= 0.3 is 5.97 Å². The molecule has 0 aliphatic rings. The molecule has 0 aliphatic carbocycles. The van der Waals surface area contributed by atoms with Crippen LogP contribution in [-0.4, -0.2) is 13.1 Å².